The molecule has 3 N–H and O–H groups in total. The Morgan fingerprint density at radius 3 is 2.93 bits per heavy atom. The first kappa shape index (κ1) is 11.2. The van der Waals surface area contributed by atoms with Crippen molar-refractivity contribution in [1.29, 1.82) is 0 Å². The zero-order chi connectivity index (χ0) is 10.6. The molecule has 0 saturated carbocycles. The molecule has 14 heavy (non-hydrogen) atoms. The molecule has 0 aromatic heterocycles. The zero-order valence-electron chi connectivity index (χ0n) is 7.72. The molecule has 1 atom stereocenters. The van der Waals surface area contributed by atoms with Crippen molar-refractivity contribution in [2.45, 2.75) is 18.8 Å². The van der Waals surface area contributed by atoms with Crippen molar-refractivity contribution in [3.8, 4) is 0 Å². The molecule has 1 aliphatic rings. The number of hydrogen-bond acceptors (Lipinski definition) is 2. The molecule has 0 bridgehead atoms. The second-order valence-electron chi connectivity index (χ2n) is 3.44. The molecule has 0 radical (unpaired) electrons. The van der Waals surface area contributed by atoms with E-state index in [9.17, 15) is 13.6 Å². The average molecular weight is 208 g/mol. The lowest BCUT2D eigenvalue weighted by atomic mass is 9.91. The molecule has 0 aromatic carbocycles. The van der Waals surface area contributed by atoms with E-state index in [4.69, 9.17) is 5.11 Å². The fraction of sp³-hybridized carbons (Fsp3) is 0.875. The summed E-state index contributed by atoms with van der Waals surface area (Å²) in [4.78, 5) is 10.1. The Morgan fingerprint density at radius 2 is 2.36 bits per heavy atom. The average Bonchev–Trinajstić information content (AvgIpc) is 2.07. The first-order valence-corrected chi connectivity index (χ1v) is 4.58. The Labute approximate surface area is 80.7 Å². The van der Waals surface area contributed by atoms with Gasteiger partial charge in [0.25, 0.3) is 5.92 Å². The van der Waals surface area contributed by atoms with Gasteiger partial charge in [0.15, 0.2) is 0 Å². The largest absolute Gasteiger partial charge is 0.465 e. The summed E-state index contributed by atoms with van der Waals surface area (Å²) in [5.41, 5.74) is 0. The molecule has 1 rings (SSSR count). The van der Waals surface area contributed by atoms with Crippen LogP contribution < -0.4 is 10.6 Å². The molecular formula is C8H14F2N2O2. The van der Waals surface area contributed by atoms with E-state index in [0.717, 1.165) is 0 Å². The maximum Gasteiger partial charge on any atom is 0.404 e. The minimum atomic E-state index is -2.71. The van der Waals surface area contributed by atoms with Crippen LogP contribution in [0.5, 0.6) is 0 Å². The van der Waals surface area contributed by atoms with Gasteiger partial charge in [-0.2, -0.15) is 0 Å². The van der Waals surface area contributed by atoms with Crippen molar-refractivity contribution >= 4 is 6.09 Å². The molecule has 1 amide bonds. The van der Waals surface area contributed by atoms with Crippen LogP contribution in [0.25, 0.3) is 0 Å². The molecule has 6 heteroatoms. The molecule has 1 saturated heterocycles. The molecule has 0 aromatic rings. The molecule has 1 heterocycles. The first-order valence-electron chi connectivity index (χ1n) is 4.58. The van der Waals surface area contributed by atoms with E-state index >= 15 is 0 Å². The Kier molecular flexibility index (Phi) is 3.62. The standard InChI is InChI=1S/C8H14F2N2O2/c9-8(10)5-11-3-1-6(8)2-4-12-7(13)14/h6,11-12H,1-5H2,(H,13,14). The quantitative estimate of drug-likeness (QED) is 0.645. The van der Waals surface area contributed by atoms with Crippen LogP contribution in [-0.4, -0.2) is 36.8 Å². The van der Waals surface area contributed by atoms with E-state index < -0.39 is 17.9 Å². The minimum Gasteiger partial charge on any atom is -0.465 e. The van der Waals surface area contributed by atoms with Gasteiger partial charge >= 0.3 is 6.09 Å². The summed E-state index contributed by atoms with van der Waals surface area (Å²) in [6.45, 7) is 0.369. The highest BCUT2D eigenvalue weighted by Crippen LogP contribution is 2.31. The number of hydrogen-bond donors (Lipinski definition) is 3. The summed E-state index contributed by atoms with van der Waals surface area (Å²) >= 11 is 0. The predicted octanol–water partition coefficient (Wildman–Crippen LogP) is 0.889. The number of alkyl halides is 2. The highest BCUT2D eigenvalue weighted by atomic mass is 19.3. The van der Waals surface area contributed by atoms with Crippen molar-refractivity contribution in [2.24, 2.45) is 5.92 Å². The van der Waals surface area contributed by atoms with Gasteiger partial charge < -0.3 is 15.7 Å². The predicted molar refractivity (Wildman–Crippen MR) is 46.6 cm³/mol. The molecule has 0 spiro atoms. The third-order valence-electron chi connectivity index (χ3n) is 2.40. The summed E-state index contributed by atoms with van der Waals surface area (Å²) in [5.74, 6) is -3.42. The van der Waals surface area contributed by atoms with Crippen molar-refractivity contribution < 1.29 is 18.7 Å². The smallest absolute Gasteiger partial charge is 0.404 e. The van der Waals surface area contributed by atoms with Crippen LogP contribution in [0.2, 0.25) is 0 Å². The van der Waals surface area contributed by atoms with Crippen LogP contribution in [0, 0.1) is 5.92 Å². The van der Waals surface area contributed by atoms with E-state index in [1.54, 1.807) is 0 Å². The topological polar surface area (TPSA) is 61.4 Å². The number of carbonyl (C=O) groups is 1. The number of nitrogens with one attached hydrogen (secondary N) is 2. The lowest BCUT2D eigenvalue weighted by Crippen LogP contribution is -2.46. The Balaban J connectivity index is 2.31. The molecule has 1 fully saturated rings. The first-order chi connectivity index (χ1) is 6.52. The summed E-state index contributed by atoms with van der Waals surface area (Å²) in [5, 5.41) is 13.0. The van der Waals surface area contributed by atoms with Gasteiger partial charge in [-0.25, -0.2) is 13.6 Å². The van der Waals surface area contributed by atoms with Crippen molar-refractivity contribution in [3.63, 3.8) is 0 Å². The third kappa shape index (κ3) is 3.10. The fourth-order valence-electron chi connectivity index (χ4n) is 1.60. The number of piperidine rings is 1. The highest BCUT2D eigenvalue weighted by molar-refractivity contribution is 5.64. The van der Waals surface area contributed by atoms with Gasteiger partial charge in [0, 0.05) is 12.5 Å². The summed E-state index contributed by atoms with van der Waals surface area (Å²) < 4.78 is 26.3. The van der Waals surface area contributed by atoms with Crippen molar-refractivity contribution in [1.82, 2.24) is 10.6 Å². The summed E-state index contributed by atoms with van der Waals surface area (Å²) in [6, 6.07) is 0. The number of carboxylic acid groups (broad SMARTS) is 1. The maximum atomic E-state index is 13.2. The maximum absolute atomic E-state index is 13.2. The minimum absolute atomic E-state index is 0.0928. The third-order valence-corrected chi connectivity index (χ3v) is 2.40. The normalized spacial score (nSPS) is 25.7. The molecular weight excluding hydrogens is 194 g/mol. The summed E-state index contributed by atoms with van der Waals surface area (Å²) in [6.07, 6.45) is -0.572. The zero-order valence-corrected chi connectivity index (χ0v) is 7.72. The number of rotatable bonds is 3. The van der Waals surface area contributed by atoms with Gasteiger partial charge in [-0.1, -0.05) is 0 Å². The second-order valence-corrected chi connectivity index (χ2v) is 3.44. The second kappa shape index (κ2) is 4.54. The molecule has 1 aliphatic heterocycles. The van der Waals surface area contributed by atoms with Gasteiger partial charge in [-0.15, -0.1) is 0 Å². The van der Waals surface area contributed by atoms with Gasteiger partial charge in [-0.05, 0) is 19.4 Å². The van der Waals surface area contributed by atoms with E-state index in [2.05, 4.69) is 10.6 Å². The number of amides is 1. The van der Waals surface area contributed by atoms with Gasteiger partial charge in [0.1, 0.15) is 0 Å². The van der Waals surface area contributed by atoms with Crippen molar-refractivity contribution in [3.05, 3.63) is 0 Å². The van der Waals surface area contributed by atoms with Gasteiger partial charge in [0.2, 0.25) is 0 Å². The SMILES string of the molecule is O=C(O)NCCC1CCNCC1(F)F. The lowest BCUT2D eigenvalue weighted by Gasteiger charge is -2.31. The fourth-order valence-corrected chi connectivity index (χ4v) is 1.60. The highest BCUT2D eigenvalue weighted by Gasteiger charge is 2.40. The molecule has 1 unspecified atom stereocenters. The van der Waals surface area contributed by atoms with Crippen LogP contribution in [0.4, 0.5) is 13.6 Å². The van der Waals surface area contributed by atoms with Gasteiger partial charge in [0.05, 0.1) is 6.54 Å². The summed E-state index contributed by atoms with van der Waals surface area (Å²) in [7, 11) is 0. The van der Waals surface area contributed by atoms with Crippen LogP contribution in [0.1, 0.15) is 12.8 Å². The van der Waals surface area contributed by atoms with Crippen LogP contribution in [-0.2, 0) is 0 Å². The van der Waals surface area contributed by atoms with Gasteiger partial charge in [-0.3, -0.25) is 0 Å². The van der Waals surface area contributed by atoms with Crippen LogP contribution in [0.15, 0.2) is 0 Å². The monoisotopic (exact) mass is 208 g/mol. The lowest BCUT2D eigenvalue weighted by molar-refractivity contribution is -0.0754. The molecule has 82 valence electrons. The van der Waals surface area contributed by atoms with E-state index in [1.807, 2.05) is 0 Å². The van der Waals surface area contributed by atoms with E-state index in [1.165, 1.54) is 0 Å². The Morgan fingerprint density at radius 1 is 1.64 bits per heavy atom. The molecule has 0 aliphatic carbocycles. The van der Waals surface area contributed by atoms with Crippen molar-refractivity contribution in [2.75, 3.05) is 19.6 Å². The number of halogens is 2. The Hall–Kier alpha value is -0.910. The molecule has 4 nitrogen and oxygen atoms in total. The van der Waals surface area contributed by atoms with Crippen LogP contribution in [0.3, 0.4) is 0 Å². The van der Waals surface area contributed by atoms with E-state index in [-0.39, 0.29) is 19.5 Å². The Bertz CT molecular complexity index is 212. The van der Waals surface area contributed by atoms with E-state index in [0.29, 0.717) is 13.0 Å². The van der Waals surface area contributed by atoms with Crippen LogP contribution >= 0.6 is 0 Å².